The lowest BCUT2D eigenvalue weighted by molar-refractivity contribution is -0.126. The number of rotatable bonds is 53. The fraction of sp³-hybridized carbons (Fsp3) is 0.425. The van der Waals surface area contributed by atoms with Crippen LogP contribution in [-0.2, 0) is 94.6 Å². The highest BCUT2D eigenvalue weighted by Gasteiger charge is 2.36. The molecule has 12 N–H and O–H groups in total. The Morgan fingerprint density at radius 2 is 0.985 bits per heavy atom. The molecule has 0 saturated carbocycles. The van der Waals surface area contributed by atoms with Crippen molar-refractivity contribution < 1.29 is 85.8 Å². The molecule has 2 aromatic carbocycles. The van der Waals surface area contributed by atoms with E-state index in [-0.39, 0.29) is 121 Å². The molecule has 0 unspecified atom stereocenters. The van der Waals surface area contributed by atoms with Crippen molar-refractivity contribution in [3.05, 3.63) is 171 Å². The Morgan fingerprint density at radius 3 is 1.50 bits per heavy atom. The number of hydrogen-bond acceptors (Lipinski definition) is 26. The number of aryl methyl sites for hydroxylation is 7. The maximum atomic E-state index is 13.5. The van der Waals surface area contributed by atoms with Gasteiger partial charge < -0.3 is 123 Å². The van der Waals surface area contributed by atoms with Crippen LogP contribution in [0.4, 0.5) is 39.4 Å². The number of nitrogens with zero attached hydrogens (tertiary/aromatic N) is 12. The zero-order valence-corrected chi connectivity index (χ0v) is 76.4. The molecule has 131 heavy (non-hydrogen) atoms. The summed E-state index contributed by atoms with van der Waals surface area (Å²) in [6, 6.07) is 18.0. The van der Waals surface area contributed by atoms with Crippen LogP contribution in [0.5, 0.6) is 5.75 Å². The van der Waals surface area contributed by atoms with Gasteiger partial charge in [-0.05, 0) is 114 Å². The molecule has 702 valence electrons. The molecule has 0 bridgehead atoms. The number of fused-ring (bicyclic) bond motifs is 1. The van der Waals surface area contributed by atoms with Crippen LogP contribution in [0.1, 0.15) is 124 Å². The minimum atomic E-state index is -0.860. The Labute approximate surface area is 765 Å². The monoisotopic (exact) mass is 1850 g/mol. The quantitative estimate of drug-likeness (QED) is 0.0113. The highest BCUT2D eigenvalue weighted by Crippen LogP contribution is 2.41. The second kappa shape index (κ2) is 50.2. The molecule has 0 radical (unpaired) electrons. The number of halogens is 1. The molecular weight excluding hydrogens is 1740 g/mol. The number of ether oxygens (including phenoxy) is 8. The first-order valence-electron chi connectivity index (χ1n) is 42.3. The molecule has 10 rings (SSSR count). The predicted molar refractivity (Wildman–Crippen MR) is 492 cm³/mol. The molecule has 0 fully saturated rings. The van der Waals surface area contributed by atoms with Gasteiger partial charge in [-0.1, -0.05) is 23.7 Å². The number of aromatic nitrogens is 9. The number of carbonyl (C=O) groups excluding carboxylic acids is 10. The van der Waals surface area contributed by atoms with E-state index in [2.05, 4.69) is 73.0 Å². The number of thiophene rings is 1. The molecule has 0 saturated heterocycles. The molecule has 7 aromatic heterocycles. The van der Waals surface area contributed by atoms with Gasteiger partial charge in [-0.3, -0.25) is 68.7 Å². The molecule has 10 amide bonds. The van der Waals surface area contributed by atoms with E-state index < -0.39 is 47.4 Å². The molecule has 1 aliphatic rings. The lowest BCUT2D eigenvalue weighted by atomic mass is 9.99. The fourth-order valence-electron chi connectivity index (χ4n) is 13.4. The molecule has 9 aromatic rings. The first-order chi connectivity index (χ1) is 63.0. The highest BCUT2D eigenvalue weighted by atomic mass is 35.5. The summed E-state index contributed by atoms with van der Waals surface area (Å²) in [5, 5.41) is 46.5. The lowest BCUT2D eigenvalue weighted by Crippen LogP contribution is -2.41. The van der Waals surface area contributed by atoms with E-state index >= 15 is 0 Å². The number of imidazole rings is 3. The van der Waals surface area contributed by atoms with Crippen LogP contribution in [-0.4, -0.2) is 275 Å². The SMILES string of the molecule is CC(=N)N1C(=N)[C@H](CC(=O)Nc2ccc(OCCOCCOCCOCCOCCOCCOCCOCC(=O)NCCCN(C)CCCNC(=O)c3cc(NC(=O)c4nc(NC(=O)CCNC(=O)c5c(NC(=O)c6nc(NC(=O)CCNC(=O)c7cc(NC(=O)c8nccn8C)cn7C)cn6C)ccn5C)cn4C)cn3C)cc2)N=C(c2ccc(Cl)cc2)c2c1sc(C)c2C. The van der Waals surface area contributed by atoms with E-state index in [4.69, 9.17) is 59.9 Å². The van der Waals surface area contributed by atoms with Crippen LogP contribution in [0, 0.1) is 24.7 Å². The number of nitrogens with one attached hydrogen (secondary N) is 12. The maximum absolute atomic E-state index is 13.5. The molecule has 0 spiro atoms. The standard InChI is InChI=1S/C87H113ClN24O18S/c1-55-56(2)131-87-74(55)75(58-13-15-59(88)16-14-58)99-65(77(90)112(87)57(3)89)49-72(115)96-60-17-19-63(20-18-60)130-46-45-128-42-41-126-38-37-124-34-33-123-35-36-125-39-40-127-43-44-129-54-73(116)91-24-11-29-105(4)30-12-25-93-81(117)66-48-62(51-108(66)7)98-85(121)79-103-68(52-110(79)9)101-71(114)22-27-95-83(119)76-64(23-31-106(76)5)100-86(122)80-104-69(53-111(80)10)102-70(113)21-26-94-82(118)67-47-61(50-109(67)8)97-84(120)78-92-28-32-107(78)6/h13-20,23,28,31-32,47-48,50-53,65,89-90H,11-12,21-22,24-27,29-30,33-46,49,54H2,1-10H3,(H,91,116)(H,93,117)(H,94,118)(H,95,119)(H,96,115)(H,97,120)(H,98,121)(H,100,122)(H,101,114)(H,102,113)/t65-/m0/s1. The summed E-state index contributed by atoms with van der Waals surface area (Å²) >= 11 is 7.72. The second-order valence-electron chi connectivity index (χ2n) is 30.3. The zero-order valence-electron chi connectivity index (χ0n) is 74.9. The van der Waals surface area contributed by atoms with Crippen molar-refractivity contribution in [3.8, 4) is 5.75 Å². The van der Waals surface area contributed by atoms with Crippen LogP contribution in [0.15, 0.2) is 115 Å². The summed E-state index contributed by atoms with van der Waals surface area (Å²) in [6.07, 6.45) is 11.6. The first-order valence-corrected chi connectivity index (χ1v) is 43.5. The topological polar surface area (TPSA) is 500 Å². The van der Waals surface area contributed by atoms with Crippen LogP contribution in [0.3, 0.4) is 0 Å². The molecule has 44 heteroatoms. The summed E-state index contributed by atoms with van der Waals surface area (Å²) in [7, 11) is 11.6. The maximum Gasteiger partial charge on any atom is 0.291 e. The number of anilines is 7. The first kappa shape index (κ1) is 100. The number of carbonyl (C=O) groups is 10. The van der Waals surface area contributed by atoms with Gasteiger partial charge in [-0.25, -0.2) is 15.0 Å². The Balaban J connectivity index is 0.482. The van der Waals surface area contributed by atoms with Crippen molar-refractivity contribution in [1.29, 1.82) is 10.8 Å². The normalized spacial score (nSPS) is 12.4. The van der Waals surface area contributed by atoms with Crippen LogP contribution >= 0.6 is 22.9 Å². The summed E-state index contributed by atoms with van der Waals surface area (Å²) in [6.45, 7) is 12.7. The van der Waals surface area contributed by atoms with Crippen molar-refractivity contribution in [2.75, 3.05) is 182 Å². The molecule has 0 aliphatic carbocycles. The summed E-state index contributed by atoms with van der Waals surface area (Å²) in [4.78, 5) is 153. The minimum absolute atomic E-state index is 0.0429. The molecule has 1 aliphatic heterocycles. The van der Waals surface area contributed by atoms with Crippen LogP contribution in [0.2, 0.25) is 5.02 Å². The van der Waals surface area contributed by atoms with Gasteiger partial charge in [0.15, 0.2) is 17.5 Å². The number of amidine groups is 2. The summed E-state index contributed by atoms with van der Waals surface area (Å²) in [5.41, 5.74) is 5.29. The third-order valence-corrected chi connectivity index (χ3v) is 21.6. The predicted octanol–water partition coefficient (Wildman–Crippen LogP) is 6.29. The van der Waals surface area contributed by atoms with E-state index in [1.807, 2.05) is 33.0 Å². The third-order valence-electron chi connectivity index (χ3n) is 20.1. The number of amides is 10. The molecule has 8 heterocycles. The number of aliphatic imine (C=N–C) groups is 1. The molecule has 1 atom stereocenters. The van der Waals surface area contributed by atoms with E-state index in [1.165, 1.54) is 66.4 Å². The van der Waals surface area contributed by atoms with Gasteiger partial charge in [0, 0.05) is 151 Å². The third kappa shape index (κ3) is 30.2. The largest absolute Gasteiger partial charge is 0.491 e. The smallest absolute Gasteiger partial charge is 0.291 e. The van der Waals surface area contributed by atoms with Crippen molar-refractivity contribution in [1.82, 2.24) is 68.5 Å². The van der Waals surface area contributed by atoms with Crippen molar-refractivity contribution >= 4 is 139 Å². The van der Waals surface area contributed by atoms with E-state index in [0.29, 0.717) is 164 Å². The van der Waals surface area contributed by atoms with Crippen molar-refractivity contribution in [2.24, 2.45) is 47.3 Å². The lowest BCUT2D eigenvalue weighted by Gasteiger charge is -2.24. The van der Waals surface area contributed by atoms with E-state index in [1.54, 1.807) is 124 Å². The van der Waals surface area contributed by atoms with Gasteiger partial charge in [0.25, 0.3) is 35.4 Å². The Kier molecular flexibility index (Phi) is 38.3. The summed E-state index contributed by atoms with van der Waals surface area (Å²) < 4.78 is 53.7. The fourth-order valence-corrected chi connectivity index (χ4v) is 14.7. The molecular formula is C87H113ClN24O18S. The number of hydrogen-bond donors (Lipinski definition) is 12. The highest BCUT2D eigenvalue weighted by molar-refractivity contribution is 7.17. The Hall–Kier alpha value is -13.1. The van der Waals surface area contributed by atoms with Crippen LogP contribution in [0.25, 0.3) is 0 Å². The van der Waals surface area contributed by atoms with E-state index in [0.717, 1.165) is 26.6 Å². The average Bonchev–Trinajstić information content (AvgIpc) is 1.60. The van der Waals surface area contributed by atoms with Gasteiger partial charge in [-0.2, -0.15) is 0 Å². The van der Waals surface area contributed by atoms with Gasteiger partial charge in [0.05, 0.1) is 115 Å². The zero-order chi connectivity index (χ0) is 94.0. The Bertz CT molecular complexity index is 5490. The van der Waals surface area contributed by atoms with Gasteiger partial charge in [-0.15, -0.1) is 11.3 Å². The van der Waals surface area contributed by atoms with E-state index in [9.17, 15) is 53.4 Å². The summed E-state index contributed by atoms with van der Waals surface area (Å²) in [5.74, 6) is -3.82. The minimum Gasteiger partial charge on any atom is -0.491 e. The Morgan fingerprint density at radius 1 is 0.496 bits per heavy atom. The average molecular weight is 1850 g/mol. The van der Waals surface area contributed by atoms with Crippen molar-refractivity contribution in [3.63, 3.8) is 0 Å². The van der Waals surface area contributed by atoms with Crippen molar-refractivity contribution in [2.45, 2.75) is 58.9 Å². The van der Waals surface area contributed by atoms with Crippen LogP contribution < -0.4 is 62.8 Å². The second-order valence-corrected chi connectivity index (χ2v) is 32.0. The molecule has 42 nitrogen and oxygen atoms in total. The van der Waals surface area contributed by atoms with Gasteiger partial charge >= 0.3 is 0 Å². The number of benzene rings is 2. The van der Waals surface area contributed by atoms with Gasteiger partial charge in [0.1, 0.15) is 58.8 Å². The van der Waals surface area contributed by atoms with Gasteiger partial charge in [0.2, 0.25) is 35.3 Å².